The van der Waals surface area contributed by atoms with Crippen LogP contribution in [0.3, 0.4) is 0 Å². The van der Waals surface area contributed by atoms with Crippen molar-refractivity contribution >= 4 is 64.0 Å². The second-order valence-electron chi connectivity index (χ2n) is 10.0. The number of benzene rings is 2. The van der Waals surface area contributed by atoms with Gasteiger partial charge in [0.05, 0.1) is 35.1 Å². The van der Waals surface area contributed by atoms with Gasteiger partial charge in [-0.1, -0.05) is 53.2 Å². The smallest absolute Gasteiger partial charge is 0.230 e. The molecular weight excluding hydrogens is 563 g/mol. The summed E-state index contributed by atoms with van der Waals surface area (Å²) in [5.41, 5.74) is 4.02. The first-order valence-corrected chi connectivity index (χ1v) is 15.2. The summed E-state index contributed by atoms with van der Waals surface area (Å²) in [7, 11) is 0. The number of halogens is 2. The van der Waals surface area contributed by atoms with Gasteiger partial charge in [0, 0.05) is 43.1 Å². The largest absolute Gasteiger partial charge is 0.374 e. The van der Waals surface area contributed by atoms with E-state index in [-0.39, 0.29) is 21.9 Å². The van der Waals surface area contributed by atoms with Crippen LogP contribution in [0.15, 0.2) is 47.9 Å². The molecule has 5 rings (SSSR count). The number of epoxide rings is 1. The summed E-state index contributed by atoms with van der Waals surface area (Å²) in [6, 6.07) is 14.0. The lowest BCUT2D eigenvalue weighted by Crippen LogP contribution is -2.47. The first-order valence-electron chi connectivity index (χ1n) is 12.6. The fourth-order valence-electron chi connectivity index (χ4n) is 4.36. The van der Waals surface area contributed by atoms with Gasteiger partial charge < -0.3 is 25.4 Å². The maximum Gasteiger partial charge on any atom is 0.230 e. The molecule has 1 amide bonds. The minimum atomic E-state index is -0.320. The summed E-state index contributed by atoms with van der Waals surface area (Å²) >= 11 is 15.5. The van der Waals surface area contributed by atoms with Gasteiger partial charge >= 0.3 is 0 Å². The number of hydrogen-bond acceptors (Lipinski definition) is 8. The maximum absolute atomic E-state index is 12.7. The Hall–Kier alpha value is -1.59. The van der Waals surface area contributed by atoms with Gasteiger partial charge in [-0.15, -0.1) is 11.8 Å². The topological polar surface area (TPSA) is 78.2 Å². The van der Waals surface area contributed by atoms with Gasteiger partial charge in [0.1, 0.15) is 4.20 Å². The first-order chi connectivity index (χ1) is 18.2. The van der Waals surface area contributed by atoms with Crippen molar-refractivity contribution in [3.63, 3.8) is 0 Å². The number of hydrogen-bond donors (Lipinski definition) is 3. The highest BCUT2D eigenvalue weighted by atomic mass is 35.5. The zero-order valence-electron chi connectivity index (χ0n) is 21.4. The molecule has 38 heavy (non-hydrogen) atoms. The number of nitrogens with one attached hydrogen (secondary N) is 3. The highest BCUT2D eigenvalue weighted by Crippen LogP contribution is 2.43. The molecule has 0 radical (unpaired) electrons. The Labute approximate surface area is 242 Å². The molecule has 7 nitrogen and oxygen atoms in total. The third kappa shape index (κ3) is 7.53. The Balaban J connectivity index is 1.04. The van der Waals surface area contributed by atoms with Crippen molar-refractivity contribution in [2.75, 3.05) is 43.9 Å². The molecule has 2 saturated heterocycles. The van der Waals surface area contributed by atoms with E-state index in [0.717, 1.165) is 42.1 Å². The number of thioether (sulfide) groups is 2. The van der Waals surface area contributed by atoms with Gasteiger partial charge in [0.25, 0.3) is 0 Å². The molecule has 11 heteroatoms. The second kappa shape index (κ2) is 11.9. The van der Waals surface area contributed by atoms with Crippen molar-refractivity contribution in [3.05, 3.63) is 69.0 Å². The number of carbonyl (C=O) groups is 1. The van der Waals surface area contributed by atoms with Gasteiger partial charge in [-0.2, -0.15) is 0 Å². The third-order valence-corrected chi connectivity index (χ3v) is 9.89. The number of ether oxygens (including phenoxy) is 2. The van der Waals surface area contributed by atoms with Crippen LogP contribution in [-0.4, -0.2) is 65.4 Å². The lowest BCUT2D eigenvalue weighted by atomic mass is 10.1. The van der Waals surface area contributed by atoms with E-state index in [1.165, 1.54) is 0 Å². The lowest BCUT2D eigenvalue weighted by Gasteiger charge is -2.33. The Morgan fingerprint density at radius 1 is 1.24 bits per heavy atom. The van der Waals surface area contributed by atoms with Crippen molar-refractivity contribution < 1.29 is 14.3 Å². The average Bonchev–Trinajstić information content (AvgIpc) is 3.49. The van der Waals surface area contributed by atoms with Gasteiger partial charge in [0.2, 0.25) is 5.91 Å². The molecule has 0 bridgehead atoms. The molecule has 3 heterocycles. The van der Waals surface area contributed by atoms with E-state index < -0.39 is 0 Å². The summed E-state index contributed by atoms with van der Waals surface area (Å²) in [5, 5.41) is 13.3. The number of carbonyl (C=O) groups excluding carboxylic acids is 1. The van der Waals surface area contributed by atoms with Crippen LogP contribution in [0.2, 0.25) is 10.0 Å². The highest BCUT2D eigenvalue weighted by molar-refractivity contribution is 8.20. The number of rotatable bonds is 10. The Bertz CT molecular complexity index is 1210. The van der Waals surface area contributed by atoms with E-state index >= 15 is 0 Å². The van der Waals surface area contributed by atoms with Crippen molar-refractivity contribution in [2.24, 2.45) is 0 Å². The summed E-state index contributed by atoms with van der Waals surface area (Å²) in [4.78, 5) is 15.0. The van der Waals surface area contributed by atoms with E-state index in [2.05, 4.69) is 45.3 Å². The van der Waals surface area contributed by atoms with Crippen LogP contribution in [-0.2, 0) is 20.8 Å². The number of nitrogens with zero attached hydrogens (tertiary/aromatic N) is 1. The molecule has 2 aromatic rings. The Kier molecular flexibility index (Phi) is 8.74. The van der Waals surface area contributed by atoms with Crippen LogP contribution >= 0.6 is 46.7 Å². The van der Waals surface area contributed by atoms with Crippen molar-refractivity contribution in [1.29, 1.82) is 0 Å². The molecule has 3 aliphatic heterocycles. The molecule has 204 valence electrons. The van der Waals surface area contributed by atoms with Crippen LogP contribution in [0.25, 0.3) is 5.70 Å². The van der Waals surface area contributed by atoms with E-state index in [0.29, 0.717) is 35.6 Å². The van der Waals surface area contributed by atoms with Gasteiger partial charge in [-0.25, -0.2) is 0 Å². The predicted octanol–water partition coefficient (Wildman–Crippen LogP) is 5.21. The van der Waals surface area contributed by atoms with Crippen LogP contribution < -0.4 is 16.0 Å². The van der Waals surface area contributed by atoms with E-state index in [9.17, 15) is 4.79 Å². The second-order valence-corrected chi connectivity index (χ2v) is 13.8. The highest BCUT2D eigenvalue weighted by Gasteiger charge is 2.39. The monoisotopic (exact) mass is 594 g/mol. The molecule has 0 spiro atoms. The molecular formula is C27H32Cl2N4O3S2. The Morgan fingerprint density at radius 3 is 2.87 bits per heavy atom. The van der Waals surface area contributed by atoms with Crippen LogP contribution in [0.4, 0.5) is 5.69 Å². The minimum absolute atomic E-state index is 0.00107. The molecule has 3 atom stereocenters. The number of anilines is 1. The summed E-state index contributed by atoms with van der Waals surface area (Å²) in [6.07, 6.45) is -0.0486. The van der Waals surface area contributed by atoms with Crippen molar-refractivity contribution in [3.8, 4) is 0 Å². The molecule has 0 aliphatic carbocycles. The molecule has 0 saturated carbocycles. The lowest BCUT2D eigenvalue weighted by molar-refractivity contribution is -0.119. The molecule has 2 fully saturated rings. The Morgan fingerprint density at radius 2 is 2.08 bits per heavy atom. The summed E-state index contributed by atoms with van der Waals surface area (Å²) in [5.74, 6) is 0.357. The zero-order valence-corrected chi connectivity index (χ0v) is 24.5. The van der Waals surface area contributed by atoms with Crippen LogP contribution in [0.5, 0.6) is 0 Å². The standard InChI is InChI=1S/C27H32Cl2N4O3S2/c1-26(17-36-26)31-20-5-3-4-19(11-20)24-15-37-27(2,32-24)38-16-25(34)30-12-21-14-33(8-9-35-21)13-18-6-7-22(28)23(29)10-18/h3-7,10-11,15,21,31-32H,8-9,12-14,16-17H2,1-2H3,(H,30,34). The predicted molar refractivity (Wildman–Crippen MR) is 158 cm³/mol. The molecule has 3 N–H and O–H groups in total. The molecule has 3 unspecified atom stereocenters. The zero-order chi connectivity index (χ0) is 26.8. The molecule has 0 aromatic heterocycles. The van der Waals surface area contributed by atoms with Crippen LogP contribution in [0, 0.1) is 0 Å². The number of morpholine rings is 1. The van der Waals surface area contributed by atoms with Crippen molar-refractivity contribution in [2.45, 2.75) is 36.4 Å². The van der Waals surface area contributed by atoms with E-state index in [1.807, 2.05) is 37.3 Å². The quantitative estimate of drug-likeness (QED) is 0.324. The SMILES string of the molecule is CC1(Nc2cccc(C3=CSC(C)(SCC(=O)NCC4CN(Cc5ccc(Cl)c(Cl)c5)CCO4)N3)c2)CO1. The fraction of sp³-hybridized carbons (Fsp3) is 0.444. The first kappa shape index (κ1) is 28.0. The third-order valence-electron chi connectivity index (χ3n) is 6.54. The summed E-state index contributed by atoms with van der Waals surface area (Å²) in [6.45, 7) is 8.32. The number of amides is 1. The molecule has 2 aromatic carbocycles. The maximum atomic E-state index is 12.7. The fourth-order valence-corrected chi connectivity index (χ4v) is 6.67. The van der Waals surface area contributed by atoms with E-state index in [4.69, 9.17) is 32.7 Å². The minimum Gasteiger partial charge on any atom is -0.374 e. The average molecular weight is 596 g/mol. The molecule has 3 aliphatic rings. The van der Waals surface area contributed by atoms with Gasteiger partial charge in [0.15, 0.2) is 5.72 Å². The van der Waals surface area contributed by atoms with Crippen LogP contribution in [0.1, 0.15) is 25.0 Å². The van der Waals surface area contributed by atoms with E-state index in [1.54, 1.807) is 23.5 Å². The summed E-state index contributed by atoms with van der Waals surface area (Å²) < 4.78 is 11.0. The van der Waals surface area contributed by atoms with Gasteiger partial charge in [-0.05, 0) is 49.1 Å². The van der Waals surface area contributed by atoms with Crippen molar-refractivity contribution in [1.82, 2.24) is 15.5 Å². The normalized spacial score (nSPS) is 26.9. The van der Waals surface area contributed by atoms with Gasteiger partial charge in [-0.3, -0.25) is 9.69 Å².